The fraction of sp³-hybridized carbons (Fsp3) is 0.273. The lowest BCUT2D eigenvalue weighted by Gasteiger charge is -2.00. The Morgan fingerprint density at radius 2 is 2.06 bits per heavy atom. The number of aromatic nitrogens is 2. The molecule has 0 saturated carbocycles. The number of benzene rings is 1. The zero-order chi connectivity index (χ0) is 12.3. The highest BCUT2D eigenvalue weighted by molar-refractivity contribution is 5.15. The number of nitrogens with one attached hydrogen (secondary N) is 2. The Labute approximate surface area is 96.8 Å². The molecule has 0 bridgehead atoms. The maximum atomic E-state index is 12.7. The van der Waals surface area contributed by atoms with E-state index in [1.54, 1.807) is 19.2 Å². The molecule has 0 radical (unpaired) electrons. The van der Waals surface area contributed by atoms with E-state index >= 15 is 0 Å². The van der Waals surface area contributed by atoms with Gasteiger partial charge in [0.05, 0.1) is 6.54 Å². The Morgan fingerprint density at radius 1 is 1.35 bits per heavy atom. The summed E-state index contributed by atoms with van der Waals surface area (Å²) in [5, 5.41) is 5.51. The van der Waals surface area contributed by atoms with Crippen LogP contribution < -0.4 is 15.6 Å². The fourth-order valence-electron chi connectivity index (χ4n) is 1.48. The smallest absolute Gasteiger partial charge is 0.303 e. The third kappa shape index (κ3) is 2.79. The molecule has 0 spiro atoms. The number of rotatable bonds is 4. The van der Waals surface area contributed by atoms with Crippen LogP contribution in [0.1, 0.15) is 11.3 Å². The van der Waals surface area contributed by atoms with Crippen molar-refractivity contribution in [3.05, 3.63) is 51.8 Å². The third-order valence-electron chi connectivity index (χ3n) is 2.45. The van der Waals surface area contributed by atoms with Crippen LogP contribution in [0, 0.1) is 5.82 Å². The molecule has 0 amide bonds. The first-order chi connectivity index (χ1) is 8.16. The van der Waals surface area contributed by atoms with Crippen molar-refractivity contribution in [2.75, 3.05) is 0 Å². The summed E-state index contributed by atoms with van der Waals surface area (Å²) in [6.45, 7) is 0.949. The summed E-state index contributed by atoms with van der Waals surface area (Å²) in [6, 6.07) is 6.20. The first kappa shape index (κ1) is 11.5. The predicted molar refractivity (Wildman–Crippen MR) is 57.4 cm³/mol. The van der Waals surface area contributed by atoms with Gasteiger partial charge in [-0.1, -0.05) is 16.8 Å². The molecular weight excluding hydrogens is 225 g/mol. The van der Waals surface area contributed by atoms with Gasteiger partial charge in [0.2, 0.25) is 0 Å². The molecule has 1 heterocycles. The van der Waals surface area contributed by atoms with Crippen LogP contribution >= 0.6 is 0 Å². The number of aromatic amines is 1. The van der Waals surface area contributed by atoms with Gasteiger partial charge in [-0.15, -0.1) is 0 Å². The average molecular weight is 238 g/mol. The lowest BCUT2D eigenvalue weighted by Crippen LogP contribution is -2.38. The van der Waals surface area contributed by atoms with Gasteiger partial charge in [-0.25, -0.2) is 9.18 Å². The number of H-pyrrole nitrogens is 1. The fourth-order valence-corrected chi connectivity index (χ4v) is 1.48. The molecule has 0 aliphatic carbocycles. The van der Waals surface area contributed by atoms with Crippen molar-refractivity contribution in [3.8, 4) is 0 Å². The Balaban J connectivity index is 1.92. The maximum absolute atomic E-state index is 12.7. The summed E-state index contributed by atoms with van der Waals surface area (Å²) < 4.78 is 18.8. The molecule has 0 aliphatic heterocycles. The minimum Gasteiger partial charge on any atom is -0.303 e. The Kier molecular flexibility index (Phi) is 3.34. The number of hydrogen-bond donors (Lipinski definition) is 2. The highest BCUT2D eigenvalue weighted by atomic mass is 19.1. The van der Waals surface area contributed by atoms with Crippen LogP contribution in [0.3, 0.4) is 0 Å². The molecule has 0 atom stereocenters. The molecule has 0 aliphatic rings. The van der Waals surface area contributed by atoms with Gasteiger partial charge in [0, 0.05) is 6.54 Å². The molecule has 1 aromatic carbocycles. The van der Waals surface area contributed by atoms with Crippen LogP contribution in [-0.2, 0) is 20.1 Å². The van der Waals surface area contributed by atoms with Crippen LogP contribution in [-0.4, -0.2) is 5.27 Å². The highest BCUT2D eigenvalue weighted by Gasteiger charge is 2.15. The van der Waals surface area contributed by atoms with Crippen LogP contribution in [0.25, 0.3) is 0 Å². The van der Waals surface area contributed by atoms with Crippen molar-refractivity contribution in [1.82, 2.24) is 10.6 Å². The second-order valence-electron chi connectivity index (χ2n) is 3.72. The molecule has 1 aromatic heterocycles. The molecule has 2 N–H and O–H groups in total. The summed E-state index contributed by atoms with van der Waals surface area (Å²) >= 11 is 0. The summed E-state index contributed by atoms with van der Waals surface area (Å²) in [5.74, 6) is -0.258. The van der Waals surface area contributed by atoms with Crippen LogP contribution in [0.15, 0.2) is 33.6 Å². The van der Waals surface area contributed by atoms with Crippen LogP contribution in [0.2, 0.25) is 0 Å². The van der Waals surface area contributed by atoms with Crippen LogP contribution in [0.5, 0.6) is 0 Å². The largest absolute Gasteiger partial charge is 0.431 e. The Morgan fingerprint density at radius 3 is 2.65 bits per heavy atom. The molecule has 0 saturated heterocycles. The molecule has 90 valence electrons. The van der Waals surface area contributed by atoms with E-state index < -0.39 is 0 Å². The highest BCUT2D eigenvalue weighted by Crippen LogP contribution is 2.01. The van der Waals surface area contributed by atoms with E-state index in [0.717, 1.165) is 5.56 Å². The average Bonchev–Trinajstić information content (AvgIpc) is 2.63. The molecule has 0 unspecified atom stereocenters. The zero-order valence-electron chi connectivity index (χ0n) is 9.37. The standard InChI is InChI=1S/C11H12FN3O2/c1-15-10(11(16)17-14-15)7-13-6-8-2-4-9(12)5-3-8/h2-5,13H,6-7H2,1H3/p+1. The summed E-state index contributed by atoms with van der Waals surface area (Å²) in [4.78, 5) is 11.2. The molecule has 2 aromatic rings. The van der Waals surface area contributed by atoms with Crippen molar-refractivity contribution < 1.29 is 13.6 Å². The number of hydrogen-bond acceptors (Lipinski definition) is 3. The van der Waals surface area contributed by atoms with Crippen molar-refractivity contribution >= 4 is 0 Å². The maximum Gasteiger partial charge on any atom is 0.431 e. The third-order valence-corrected chi connectivity index (χ3v) is 2.45. The molecular formula is C11H13FN3O2+. The zero-order valence-corrected chi connectivity index (χ0v) is 9.37. The van der Waals surface area contributed by atoms with E-state index in [2.05, 4.69) is 15.1 Å². The molecule has 2 rings (SSSR count). The Hall–Kier alpha value is -1.95. The van der Waals surface area contributed by atoms with Crippen molar-refractivity contribution in [3.63, 3.8) is 0 Å². The van der Waals surface area contributed by atoms with Crippen molar-refractivity contribution in [1.29, 1.82) is 0 Å². The first-order valence-corrected chi connectivity index (χ1v) is 5.18. The van der Waals surface area contributed by atoms with Gasteiger partial charge < -0.3 is 5.32 Å². The second kappa shape index (κ2) is 4.92. The van der Waals surface area contributed by atoms with E-state index in [-0.39, 0.29) is 11.4 Å². The van der Waals surface area contributed by atoms with E-state index in [1.165, 1.54) is 16.8 Å². The van der Waals surface area contributed by atoms with Crippen LogP contribution in [0.4, 0.5) is 4.39 Å². The van der Waals surface area contributed by atoms with Gasteiger partial charge >= 0.3 is 11.3 Å². The van der Waals surface area contributed by atoms with Gasteiger partial charge in [0.1, 0.15) is 5.82 Å². The van der Waals surface area contributed by atoms with E-state index in [9.17, 15) is 9.18 Å². The topological polar surface area (TPSA) is 61.9 Å². The van der Waals surface area contributed by atoms with Gasteiger partial charge in [-0.2, -0.15) is 0 Å². The lowest BCUT2D eigenvalue weighted by molar-refractivity contribution is -0.746. The first-order valence-electron chi connectivity index (χ1n) is 5.18. The van der Waals surface area contributed by atoms with Crippen molar-refractivity contribution in [2.45, 2.75) is 13.1 Å². The van der Waals surface area contributed by atoms with E-state index in [0.29, 0.717) is 18.8 Å². The molecule has 0 fully saturated rings. The number of halogens is 1. The lowest BCUT2D eigenvalue weighted by atomic mass is 10.2. The predicted octanol–water partition coefficient (Wildman–Crippen LogP) is 0.221. The number of nitrogens with zero attached hydrogens (tertiary/aromatic N) is 1. The summed E-state index contributed by atoms with van der Waals surface area (Å²) in [6.07, 6.45) is 0. The van der Waals surface area contributed by atoms with Gasteiger partial charge in [-0.05, 0) is 23.0 Å². The second-order valence-corrected chi connectivity index (χ2v) is 3.72. The SMILES string of the molecule is C[n+]1[nH]oc(=O)c1CNCc1ccc(F)cc1. The number of aryl methyl sites for hydroxylation is 1. The quantitative estimate of drug-likeness (QED) is 0.749. The van der Waals surface area contributed by atoms with E-state index in [1.807, 2.05) is 0 Å². The summed E-state index contributed by atoms with van der Waals surface area (Å²) in [5.41, 5.74) is 1.07. The normalized spacial score (nSPS) is 10.7. The van der Waals surface area contributed by atoms with Gasteiger partial charge in [-0.3, -0.25) is 4.52 Å². The van der Waals surface area contributed by atoms with E-state index in [4.69, 9.17) is 0 Å². The minimum absolute atomic E-state index is 0.258. The Bertz CT molecular complexity index is 545. The summed E-state index contributed by atoms with van der Waals surface area (Å²) in [7, 11) is 1.69. The van der Waals surface area contributed by atoms with Crippen molar-refractivity contribution in [2.24, 2.45) is 7.05 Å². The van der Waals surface area contributed by atoms with Gasteiger partial charge in [0.25, 0.3) is 0 Å². The molecule has 17 heavy (non-hydrogen) atoms. The monoisotopic (exact) mass is 238 g/mol. The molecule has 5 nitrogen and oxygen atoms in total. The molecule has 6 heteroatoms. The van der Waals surface area contributed by atoms with Gasteiger partial charge in [0.15, 0.2) is 7.05 Å². The minimum atomic E-state index is -0.390.